The molecule has 296 valence electrons. The summed E-state index contributed by atoms with van der Waals surface area (Å²) in [6.07, 6.45) is 0. The van der Waals surface area contributed by atoms with E-state index in [1.807, 2.05) is 0 Å². The predicted molar refractivity (Wildman–Crippen MR) is 238 cm³/mol. The van der Waals surface area contributed by atoms with Crippen LogP contribution in [0.5, 0.6) is 0 Å². The normalized spacial score (nSPS) is 23.0. The Hall–Kier alpha value is 3.74. The summed E-state index contributed by atoms with van der Waals surface area (Å²) in [7, 11) is 0. The molecular weight excluding hydrogens is 931 g/mol. The van der Waals surface area contributed by atoms with E-state index < -0.39 is 0 Å². The smallest absolute Gasteiger partial charge is 0.251 e. The van der Waals surface area contributed by atoms with Gasteiger partial charge in [-0.25, -0.2) is 0 Å². The zero-order chi connectivity index (χ0) is 38.7. The maximum atomic E-state index is 2.31. The van der Waals surface area contributed by atoms with Crippen molar-refractivity contribution in [1.29, 1.82) is 0 Å². The first-order valence-electron chi connectivity index (χ1n) is 18.5. The molecule has 0 aromatic rings. The predicted octanol–water partition coefficient (Wildman–Crippen LogP) is 15.5. The summed E-state index contributed by atoms with van der Waals surface area (Å²) in [5.41, 5.74) is 0. The molecule has 4 aliphatic rings. The fraction of sp³-hybridized carbons (Fsp3) is 0.542. The molecule has 20 radical (unpaired) electrons. The first-order valence-corrected chi connectivity index (χ1v) is 25.4. The van der Waals surface area contributed by atoms with Crippen LogP contribution in [0.4, 0.5) is 0 Å². The zero-order valence-electron chi connectivity index (χ0n) is 40.0. The van der Waals surface area contributed by atoms with E-state index in [-0.39, 0.29) is 124 Å². The Morgan fingerprint density at radius 2 is 0.192 bits per heavy atom. The molecule has 4 fully saturated rings. The van der Waals surface area contributed by atoms with Crippen LogP contribution in [0.1, 0.15) is 138 Å². The molecule has 0 aromatic heterocycles. The van der Waals surface area contributed by atoms with Crippen molar-refractivity contribution in [3.8, 4) is 0 Å². The van der Waals surface area contributed by atoms with Gasteiger partial charge in [0.2, 0.25) is 0 Å². The average molecular weight is 1020 g/mol. The fourth-order valence-electron chi connectivity index (χ4n) is 5.62. The van der Waals surface area contributed by atoms with Crippen LogP contribution in [0.3, 0.4) is 0 Å². The second-order valence-electron chi connectivity index (χ2n) is 16.0. The second kappa shape index (κ2) is 32.5. The quantitative estimate of drug-likeness (QED) is 0.168. The van der Waals surface area contributed by atoms with Gasteiger partial charge in [0.1, 0.15) is 0 Å². The minimum atomic E-state index is -0.139. The Bertz CT molecular complexity index is 507. The molecule has 0 saturated heterocycles. The van der Waals surface area contributed by atoms with Crippen molar-refractivity contribution in [3.05, 3.63) is 133 Å². The Balaban J connectivity index is -0.000000124. The van der Waals surface area contributed by atoms with E-state index in [0.29, 0.717) is 0 Å². The maximum Gasteiger partial charge on any atom is 0.251 e. The van der Waals surface area contributed by atoms with E-state index in [9.17, 15) is 0 Å². The van der Waals surface area contributed by atoms with Crippen molar-refractivity contribution >= 4 is 28.3 Å². The van der Waals surface area contributed by atoms with Gasteiger partial charge in [-0.2, -0.15) is 0 Å². The summed E-state index contributed by atoms with van der Waals surface area (Å²) in [5, 5.41) is 0. The summed E-state index contributed by atoms with van der Waals surface area (Å²) in [6, 6.07) is 0. The molecule has 0 N–H and O–H groups in total. The third-order valence-electron chi connectivity index (χ3n) is 11.2. The van der Waals surface area contributed by atoms with E-state index in [4.69, 9.17) is 0 Å². The van der Waals surface area contributed by atoms with Gasteiger partial charge < -0.3 is 14.9 Å². The second-order valence-corrected chi connectivity index (χ2v) is 22.9. The fourth-order valence-corrected chi connectivity index (χ4v) is 5.62. The summed E-state index contributed by atoms with van der Waals surface area (Å²) in [6.45, 7) is 44.0. The Labute approximate surface area is 410 Å². The molecule has 0 nitrogen and oxygen atoms in total. The van der Waals surface area contributed by atoms with Gasteiger partial charge in [0.25, 0.3) is 28.3 Å². The minimum absolute atomic E-state index is 0. The van der Waals surface area contributed by atoms with Gasteiger partial charge in [0.15, 0.2) is 0 Å². The van der Waals surface area contributed by atoms with Crippen LogP contribution < -0.4 is 0 Å². The van der Waals surface area contributed by atoms with Gasteiger partial charge in [-0.3, -0.25) is 0 Å². The van der Waals surface area contributed by atoms with Crippen molar-refractivity contribution in [2.45, 2.75) is 173 Å². The van der Waals surface area contributed by atoms with E-state index in [2.05, 4.69) is 173 Å². The molecule has 0 bridgehead atoms. The Kier molecular flexibility index (Phi) is 42.2. The number of hydrogen-bond acceptors (Lipinski definition) is 0. The van der Waals surface area contributed by atoms with Crippen molar-refractivity contribution in [3.63, 3.8) is 0 Å². The number of hydrogen-bond donors (Lipinski definition) is 0. The molecule has 4 heteroatoms. The monoisotopic (exact) mass is 1020 g/mol. The first kappa shape index (κ1) is 67.5. The molecule has 0 atom stereocenters. The molecule has 0 unspecified atom stereocenters. The van der Waals surface area contributed by atoms with Crippen LogP contribution in [0, 0.1) is 214 Å². The molecular formula is C48H84Al2Sm2-2. The van der Waals surface area contributed by atoms with Gasteiger partial charge in [0.05, 0.1) is 0 Å². The van der Waals surface area contributed by atoms with Crippen molar-refractivity contribution in [2.24, 2.45) is 0 Å². The minimum Gasteiger partial charge on any atom is -0.358 e. The van der Waals surface area contributed by atoms with E-state index in [1.54, 1.807) is 0 Å². The third-order valence-corrected chi connectivity index (χ3v) is 11.2. The van der Waals surface area contributed by atoms with Crippen LogP contribution in [0.15, 0.2) is 0 Å². The molecule has 0 spiro atoms. The maximum absolute atomic E-state index is 2.31. The van der Waals surface area contributed by atoms with Gasteiger partial charge in [-0.05, 0) is 118 Å². The molecule has 4 saturated carbocycles. The summed E-state index contributed by atoms with van der Waals surface area (Å²) in [5.74, 6) is 43.2. The van der Waals surface area contributed by atoms with Crippen LogP contribution in [0.2, 0.25) is 34.7 Å². The van der Waals surface area contributed by atoms with Crippen LogP contribution in [0.25, 0.3) is 0 Å². The van der Waals surface area contributed by atoms with Crippen molar-refractivity contribution in [2.75, 3.05) is 0 Å². The molecule has 0 amide bonds. The summed E-state index contributed by atoms with van der Waals surface area (Å²) >= 11 is -0.278. The first-order chi connectivity index (χ1) is 21.7. The molecule has 4 aliphatic carbocycles. The van der Waals surface area contributed by atoms with Gasteiger partial charge >= 0.3 is 0 Å². The number of rotatable bonds is 0. The van der Waals surface area contributed by atoms with E-state index >= 15 is 0 Å². The van der Waals surface area contributed by atoms with Crippen LogP contribution >= 0.6 is 0 Å². The van der Waals surface area contributed by atoms with Crippen LogP contribution in [-0.2, 0) is 0 Å². The van der Waals surface area contributed by atoms with Crippen molar-refractivity contribution in [1.82, 2.24) is 0 Å². The largest absolute Gasteiger partial charge is 0.358 e. The molecule has 0 heterocycles. The van der Waals surface area contributed by atoms with E-state index in [0.717, 1.165) is 0 Å². The standard InChI is InChI=1S/4C10H15.8CH3.2Al.2Sm/c4*1-6-7(2)9(4)10(5)8(6)3;;;;;;;;;;;;/h4*1-5H3;8*1H3;;;;/q;;;;;;;;;;2*-1;;;;. The summed E-state index contributed by atoms with van der Waals surface area (Å²) in [4.78, 5) is 0. The topological polar surface area (TPSA) is 0 Å². The molecule has 52 heavy (non-hydrogen) atoms. The Morgan fingerprint density at radius 1 is 0.173 bits per heavy atom. The average Bonchev–Trinajstić information content (AvgIpc) is 3.45. The van der Waals surface area contributed by atoms with E-state index in [1.165, 1.54) is 118 Å². The zero-order valence-corrected chi connectivity index (χ0v) is 47.5. The summed E-state index contributed by atoms with van der Waals surface area (Å²) < 4.78 is 0. The van der Waals surface area contributed by atoms with Crippen LogP contribution in [-0.4, -0.2) is 28.3 Å². The van der Waals surface area contributed by atoms with Gasteiger partial charge in [-0.15, -0.1) is 34.7 Å². The van der Waals surface area contributed by atoms with Gasteiger partial charge in [-0.1, -0.05) is 138 Å². The molecule has 4 rings (SSSR count). The van der Waals surface area contributed by atoms with Gasteiger partial charge in [0, 0.05) is 80.8 Å². The molecule has 0 aliphatic heterocycles. The molecule has 0 aromatic carbocycles. The third kappa shape index (κ3) is 21.3. The SMILES string of the molecule is C[C]1[C](C)[C](C)[C](C)[C]1C.C[C]1[C](C)[C](C)[C](C)[C]1C.C[C]1[C](C)[C](C)[C](C)[C]1C.C[C]1[C](C)[C](C)[C](C)[C]1C.[CH3-].[CH3-].[CH3][Al]([CH3])[CH3].[CH3][Al]([CH3])[CH3].[Sm].[Sm]. The van der Waals surface area contributed by atoms with Crippen molar-refractivity contribution < 1.29 is 80.8 Å². The Morgan fingerprint density at radius 3 is 0.212 bits per heavy atom.